The van der Waals surface area contributed by atoms with Gasteiger partial charge in [0.15, 0.2) is 0 Å². The monoisotopic (exact) mass is 442 g/mol. The zero-order valence-electron chi connectivity index (χ0n) is 9.97. The summed E-state index contributed by atoms with van der Waals surface area (Å²) < 4.78 is 3.11. The normalized spacial score (nSPS) is 11.2. The van der Waals surface area contributed by atoms with E-state index in [2.05, 4.69) is 65.8 Å². The Morgan fingerprint density at radius 1 is 1.00 bits per heavy atom. The van der Waals surface area contributed by atoms with Gasteiger partial charge in [-0.15, -0.1) is 0 Å². The van der Waals surface area contributed by atoms with Gasteiger partial charge in [0, 0.05) is 19.0 Å². The van der Waals surface area contributed by atoms with Crippen molar-refractivity contribution in [3.05, 3.63) is 49.3 Å². The maximum atomic E-state index is 4.70. The second-order valence-corrected chi connectivity index (χ2v) is 7.01. The number of rotatable bonds is 1. The molecule has 0 spiro atoms. The van der Waals surface area contributed by atoms with Gasteiger partial charge >= 0.3 is 0 Å². The van der Waals surface area contributed by atoms with E-state index in [4.69, 9.17) is 4.98 Å². The molecule has 5 heteroatoms. The van der Waals surface area contributed by atoms with Crippen molar-refractivity contribution >= 4 is 58.8 Å². The number of nitrogens with zero attached hydrogens (tertiary/aromatic N) is 1. The Morgan fingerprint density at radius 3 is 2.58 bits per heavy atom. The number of hydrogen-bond donors (Lipinski definition) is 1. The van der Waals surface area contributed by atoms with Crippen molar-refractivity contribution in [1.82, 2.24) is 9.97 Å². The van der Waals surface area contributed by atoms with Crippen LogP contribution in [0.3, 0.4) is 0 Å². The van der Waals surface area contributed by atoms with E-state index in [1.54, 1.807) is 0 Å². The number of nitrogens with one attached hydrogen (secondary N) is 1. The molecule has 0 aliphatic heterocycles. The van der Waals surface area contributed by atoms with E-state index in [9.17, 15) is 0 Å². The smallest absolute Gasteiger partial charge is 0.139 e. The zero-order valence-corrected chi connectivity index (χ0v) is 14.7. The van der Waals surface area contributed by atoms with Crippen LogP contribution in [0.25, 0.3) is 22.4 Å². The Labute approximate surface area is 136 Å². The number of hydrogen-bond acceptors (Lipinski definition) is 1. The molecule has 1 N–H and O–H groups in total. The van der Waals surface area contributed by atoms with Crippen LogP contribution in [0.1, 0.15) is 5.56 Å². The summed E-state index contributed by atoms with van der Waals surface area (Å²) in [6.45, 7) is 2.06. The van der Waals surface area contributed by atoms with Crippen LogP contribution in [0, 0.1) is 6.92 Å². The fourth-order valence-corrected chi connectivity index (χ4v) is 3.42. The molecule has 0 atom stereocenters. The molecule has 96 valence electrons. The summed E-state index contributed by atoms with van der Waals surface area (Å²) in [4.78, 5) is 8.07. The van der Waals surface area contributed by atoms with Gasteiger partial charge in [-0.05, 0) is 42.8 Å². The largest absolute Gasteiger partial charge is 0.338 e. The van der Waals surface area contributed by atoms with E-state index in [1.807, 2.05) is 24.3 Å². The van der Waals surface area contributed by atoms with Gasteiger partial charge in [0.2, 0.25) is 0 Å². The van der Waals surface area contributed by atoms with Crippen LogP contribution < -0.4 is 0 Å². The van der Waals surface area contributed by atoms with E-state index < -0.39 is 0 Å². The Bertz CT molecular complexity index is 778. The predicted octanol–water partition coefficient (Wildman–Crippen LogP) is 5.83. The van der Waals surface area contributed by atoms with Crippen LogP contribution in [-0.2, 0) is 0 Å². The lowest BCUT2D eigenvalue weighted by molar-refractivity contribution is 1.32. The van der Waals surface area contributed by atoms with Gasteiger partial charge in [0.25, 0.3) is 0 Å². The number of aromatic amines is 1. The maximum absolute atomic E-state index is 4.70. The lowest BCUT2D eigenvalue weighted by atomic mass is 10.2. The average Bonchev–Trinajstić information content (AvgIpc) is 2.76. The van der Waals surface area contributed by atoms with Crippen molar-refractivity contribution in [2.45, 2.75) is 6.92 Å². The first kappa shape index (κ1) is 13.3. The molecule has 0 fully saturated rings. The van der Waals surface area contributed by atoms with Gasteiger partial charge < -0.3 is 4.98 Å². The van der Waals surface area contributed by atoms with Gasteiger partial charge in [0.1, 0.15) is 5.82 Å². The van der Waals surface area contributed by atoms with E-state index in [1.165, 1.54) is 0 Å². The minimum atomic E-state index is 0.865. The zero-order chi connectivity index (χ0) is 13.6. The molecule has 2 aromatic carbocycles. The van der Waals surface area contributed by atoms with E-state index >= 15 is 0 Å². The summed E-state index contributed by atoms with van der Waals surface area (Å²) in [7, 11) is 0. The molecule has 0 radical (unpaired) electrons. The van der Waals surface area contributed by atoms with Crippen molar-refractivity contribution in [3.8, 4) is 11.4 Å². The number of halogens is 3. The van der Waals surface area contributed by atoms with Crippen molar-refractivity contribution in [2.24, 2.45) is 0 Å². The third-order valence-corrected chi connectivity index (χ3v) is 4.57. The highest BCUT2D eigenvalue weighted by Crippen LogP contribution is 2.32. The summed E-state index contributed by atoms with van der Waals surface area (Å²) in [6.07, 6.45) is 0. The van der Waals surface area contributed by atoms with Gasteiger partial charge in [0.05, 0.1) is 11.0 Å². The number of aromatic nitrogens is 2. The summed E-state index contributed by atoms with van der Waals surface area (Å²) in [5, 5.41) is 0. The first-order valence-corrected chi connectivity index (χ1v) is 8.04. The standard InChI is InChI=1S/C14H9Br3N2/c1-7-4-9(16)6-12-13(7)19-14(18-12)10-5-8(15)2-3-11(10)17/h2-6H,1H3,(H,18,19). The molecule has 0 saturated heterocycles. The highest BCUT2D eigenvalue weighted by atomic mass is 79.9. The molecule has 0 amide bonds. The van der Waals surface area contributed by atoms with Crippen molar-refractivity contribution in [1.29, 1.82) is 0 Å². The minimum absolute atomic E-state index is 0.865. The maximum Gasteiger partial charge on any atom is 0.139 e. The minimum Gasteiger partial charge on any atom is -0.338 e. The second kappa shape index (κ2) is 5.04. The summed E-state index contributed by atoms with van der Waals surface area (Å²) in [6, 6.07) is 10.2. The van der Waals surface area contributed by atoms with Crippen molar-refractivity contribution in [3.63, 3.8) is 0 Å². The molecule has 0 saturated carbocycles. The third-order valence-electron chi connectivity index (χ3n) is 2.93. The third kappa shape index (κ3) is 2.51. The summed E-state index contributed by atoms with van der Waals surface area (Å²) in [5.74, 6) is 0.865. The molecule has 0 bridgehead atoms. The first-order chi connectivity index (χ1) is 9.04. The molecule has 1 aromatic heterocycles. The van der Waals surface area contributed by atoms with Crippen molar-refractivity contribution in [2.75, 3.05) is 0 Å². The molecular weight excluding hydrogens is 436 g/mol. The Kier molecular flexibility index (Phi) is 3.53. The lowest BCUT2D eigenvalue weighted by Crippen LogP contribution is -1.82. The lowest BCUT2D eigenvalue weighted by Gasteiger charge is -2.01. The number of aryl methyl sites for hydroxylation is 1. The van der Waals surface area contributed by atoms with Crippen molar-refractivity contribution < 1.29 is 0 Å². The molecule has 2 nitrogen and oxygen atoms in total. The van der Waals surface area contributed by atoms with Crippen LogP contribution in [0.4, 0.5) is 0 Å². The molecule has 3 aromatic rings. The predicted molar refractivity (Wildman–Crippen MR) is 89.4 cm³/mol. The highest BCUT2D eigenvalue weighted by Gasteiger charge is 2.11. The number of imidazole rings is 1. The van der Waals surface area contributed by atoms with Gasteiger partial charge in [-0.3, -0.25) is 0 Å². The Balaban J connectivity index is 2.26. The van der Waals surface area contributed by atoms with Crippen LogP contribution in [0.15, 0.2) is 43.7 Å². The first-order valence-electron chi connectivity index (χ1n) is 5.66. The van der Waals surface area contributed by atoms with Crippen LogP contribution >= 0.6 is 47.8 Å². The fourth-order valence-electron chi connectivity index (χ4n) is 2.05. The number of fused-ring (bicyclic) bond motifs is 1. The van der Waals surface area contributed by atoms with Crippen LogP contribution in [-0.4, -0.2) is 9.97 Å². The molecule has 0 aliphatic carbocycles. The Morgan fingerprint density at radius 2 is 1.79 bits per heavy atom. The van der Waals surface area contributed by atoms with Gasteiger partial charge in [-0.2, -0.15) is 0 Å². The molecular formula is C14H9Br3N2. The van der Waals surface area contributed by atoms with Gasteiger partial charge in [-0.1, -0.05) is 47.8 Å². The molecule has 0 unspecified atom stereocenters. The molecule has 19 heavy (non-hydrogen) atoms. The highest BCUT2D eigenvalue weighted by molar-refractivity contribution is 9.11. The molecule has 0 aliphatic rings. The van der Waals surface area contributed by atoms with Crippen LogP contribution in [0.2, 0.25) is 0 Å². The van der Waals surface area contributed by atoms with E-state index in [-0.39, 0.29) is 0 Å². The van der Waals surface area contributed by atoms with Crippen LogP contribution in [0.5, 0.6) is 0 Å². The Hall–Kier alpha value is -0.650. The average molecular weight is 445 g/mol. The molecule has 1 heterocycles. The SMILES string of the molecule is Cc1cc(Br)cc2[nH]c(-c3cc(Br)ccc3Br)nc12. The topological polar surface area (TPSA) is 28.7 Å². The second-order valence-electron chi connectivity index (χ2n) is 4.33. The summed E-state index contributed by atoms with van der Waals surface area (Å²) in [5.41, 5.74) is 4.23. The number of benzene rings is 2. The van der Waals surface area contributed by atoms with E-state index in [0.29, 0.717) is 0 Å². The van der Waals surface area contributed by atoms with Gasteiger partial charge in [-0.25, -0.2) is 4.98 Å². The quantitative estimate of drug-likeness (QED) is 0.503. The van der Waals surface area contributed by atoms with E-state index in [0.717, 1.165) is 41.4 Å². The number of H-pyrrole nitrogens is 1. The molecule has 3 rings (SSSR count). The summed E-state index contributed by atoms with van der Waals surface area (Å²) >= 11 is 10.6. The fraction of sp³-hybridized carbons (Fsp3) is 0.0714.